The lowest BCUT2D eigenvalue weighted by atomic mass is 10.1. The smallest absolute Gasteiger partial charge is 0.278 e. The highest BCUT2D eigenvalue weighted by Gasteiger charge is 2.29. The molecule has 5 heteroatoms. The Morgan fingerprint density at radius 3 is 3.00 bits per heavy atom. The molecule has 1 N–H and O–H groups in total. The second kappa shape index (κ2) is 4.67. The maximum absolute atomic E-state index is 11.2. The van der Waals surface area contributed by atoms with E-state index in [0.717, 1.165) is 18.7 Å². The SMILES string of the molecule is CC(C)N1CCCC1c1cc(Br)c(=O)[nH]n1. The van der Waals surface area contributed by atoms with Gasteiger partial charge in [0.15, 0.2) is 0 Å². The highest BCUT2D eigenvalue weighted by atomic mass is 79.9. The lowest BCUT2D eigenvalue weighted by molar-refractivity contribution is 0.201. The Bertz CT molecular complexity index is 429. The van der Waals surface area contributed by atoms with Crippen molar-refractivity contribution in [3.05, 3.63) is 26.6 Å². The summed E-state index contributed by atoms with van der Waals surface area (Å²) in [4.78, 5) is 13.6. The third-order valence-electron chi connectivity index (χ3n) is 3.08. The van der Waals surface area contributed by atoms with E-state index in [1.54, 1.807) is 0 Å². The van der Waals surface area contributed by atoms with Crippen molar-refractivity contribution in [2.24, 2.45) is 0 Å². The zero-order valence-corrected chi connectivity index (χ0v) is 11.1. The van der Waals surface area contributed by atoms with Gasteiger partial charge in [0.05, 0.1) is 16.2 Å². The first-order chi connectivity index (χ1) is 7.59. The maximum Gasteiger partial charge on any atom is 0.278 e. The zero-order chi connectivity index (χ0) is 11.7. The molecule has 88 valence electrons. The van der Waals surface area contributed by atoms with E-state index in [1.165, 1.54) is 6.42 Å². The normalized spacial score (nSPS) is 21.9. The molecule has 1 aliphatic rings. The number of hydrogen-bond donors (Lipinski definition) is 1. The van der Waals surface area contributed by atoms with E-state index >= 15 is 0 Å². The first-order valence-corrected chi connectivity index (χ1v) is 6.39. The summed E-state index contributed by atoms with van der Waals surface area (Å²) in [5, 5.41) is 6.67. The zero-order valence-electron chi connectivity index (χ0n) is 9.53. The molecular formula is C11H16BrN3O. The van der Waals surface area contributed by atoms with E-state index in [2.05, 4.69) is 44.9 Å². The van der Waals surface area contributed by atoms with Crippen molar-refractivity contribution in [2.75, 3.05) is 6.54 Å². The third-order valence-corrected chi connectivity index (χ3v) is 3.67. The first kappa shape index (κ1) is 11.8. The molecule has 1 aliphatic heterocycles. The molecule has 2 rings (SSSR count). The number of halogens is 1. The Balaban J connectivity index is 2.29. The second-order valence-electron chi connectivity index (χ2n) is 4.46. The molecule has 0 saturated carbocycles. The number of hydrogen-bond acceptors (Lipinski definition) is 3. The van der Waals surface area contributed by atoms with Gasteiger partial charge in [-0.05, 0) is 55.2 Å². The summed E-state index contributed by atoms with van der Waals surface area (Å²) in [6.45, 7) is 5.50. The van der Waals surface area contributed by atoms with Crippen molar-refractivity contribution in [1.82, 2.24) is 15.1 Å². The van der Waals surface area contributed by atoms with Gasteiger partial charge in [-0.2, -0.15) is 5.10 Å². The highest BCUT2D eigenvalue weighted by molar-refractivity contribution is 9.10. The summed E-state index contributed by atoms with van der Waals surface area (Å²) in [7, 11) is 0. The number of rotatable bonds is 2. The third kappa shape index (κ3) is 2.20. The lowest BCUT2D eigenvalue weighted by Gasteiger charge is -2.27. The molecule has 1 aromatic rings. The molecule has 0 radical (unpaired) electrons. The van der Waals surface area contributed by atoms with Gasteiger partial charge >= 0.3 is 0 Å². The van der Waals surface area contributed by atoms with Gasteiger partial charge in [0.2, 0.25) is 0 Å². The minimum Gasteiger partial charge on any atom is -0.292 e. The van der Waals surface area contributed by atoms with Gasteiger partial charge in [-0.1, -0.05) is 0 Å². The first-order valence-electron chi connectivity index (χ1n) is 5.60. The predicted molar refractivity (Wildman–Crippen MR) is 66.4 cm³/mol. The number of aromatic nitrogens is 2. The number of nitrogens with one attached hydrogen (secondary N) is 1. The van der Waals surface area contributed by atoms with Crippen molar-refractivity contribution >= 4 is 15.9 Å². The Labute approximate surface area is 103 Å². The van der Waals surface area contributed by atoms with Crippen LogP contribution in [0.15, 0.2) is 15.3 Å². The Hall–Kier alpha value is -0.680. The van der Waals surface area contributed by atoms with E-state index in [1.807, 2.05) is 6.07 Å². The van der Waals surface area contributed by atoms with Crippen molar-refractivity contribution < 1.29 is 0 Å². The van der Waals surface area contributed by atoms with Gasteiger partial charge in [0.1, 0.15) is 0 Å². The van der Waals surface area contributed by atoms with Gasteiger partial charge in [-0.15, -0.1) is 0 Å². The molecule has 16 heavy (non-hydrogen) atoms. The fourth-order valence-electron chi connectivity index (χ4n) is 2.29. The monoisotopic (exact) mass is 285 g/mol. The molecule has 1 aromatic heterocycles. The summed E-state index contributed by atoms with van der Waals surface area (Å²) < 4.78 is 0.563. The molecule has 2 heterocycles. The highest BCUT2D eigenvalue weighted by Crippen LogP contribution is 2.32. The van der Waals surface area contributed by atoms with Crippen molar-refractivity contribution in [2.45, 2.75) is 38.8 Å². The lowest BCUT2D eigenvalue weighted by Crippen LogP contribution is -2.31. The van der Waals surface area contributed by atoms with Crippen LogP contribution in [0.5, 0.6) is 0 Å². The topological polar surface area (TPSA) is 49.0 Å². The molecule has 1 unspecified atom stereocenters. The average molecular weight is 286 g/mol. The number of likely N-dealkylation sites (tertiary alicyclic amines) is 1. The Morgan fingerprint density at radius 2 is 2.38 bits per heavy atom. The number of aromatic amines is 1. The molecule has 0 aliphatic carbocycles. The van der Waals surface area contributed by atoms with Crippen LogP contribution in [-0.4, -0.2) is 27.7 Å². The maximum atomic E-state index is 11.2. The molecule has 0 amide bonds. The largest absolute Gasteiger partial charge is 0.292 e. The van der Waals surface area contributed by atoms with Crippen LogP contribution in [0.3, 0.4) is 0 Å². The summed E-state index contributed by atoms with van der Waals surface area (Å²) in [6.07, 6.45) is 2.31. The van der Waals surface area contributed by atoms with Crippen LogP contribution in [0.2, 0.25) is 0 Å². The van der Waals surface area contributed by atoms with Crippen LogP contribution in [0.4, 0.5) is 0 Å². The van der Waals surface area contributed by atoms with Crippen molar-refractivity contribution in [3.63, 3.8) is 0 Å². The van der Waals surface area contributed by atoms with Crippen molar-refractivity contribution in [1.29, 1.82) is 0 Å². The van der Waals surface area contributed by atoms with Gasteiger partial charge in [-0.3, -0.25) is 9.69 Å². The van der Waals surface area contributed by atoms with E-state index in [4.69, 9.17) is 0 Å². The summed E-state index contributed by atoms with van der Waals surface area (Å²) in [5.74, 6) is 0. The number of nitrogens with zero attached hydrogens (tertiary/aromatic N) is 2. The fraction of sp³-hybridized carbons (Fsp3) is 0.636. The average Bonchev–Trinajstić information content (AvgIpc) is 2.71. The van der Waals surface area contributed by atoms with E-state index in [9.17, 15) is 4.79 Å². The van der Waals surface area contributed by atoms with E-state index < -0.39 is 0 Å². The molecule has 4 nitrogen and oxygen atoms in total. The minimum atomic E-state index is -0.169. The molecule has 1 fully saturated rings. The van der Waals surface area contributed by atoms with E-state index in [-0.39, 0.29) is 5.56 Å². The second-order valence-corrected chi connectivity index (χ2v) is 5.31. The van der Waals surface area contributed by atoms with Crippen LogP contribution < -0.4 is 5.56 Å². The quantitative estimate of drug-likeness (QED) is 0.905. The van der Waals surface area contributed by atoms with Gasteiger partial charge in [0, 0.05) is 6.04 Å². The van der Waals surface area contributed by atoms with Gasteiger partial charge in [0.25, 0.3) is 5.56 Å². The van der Waals surface area contributed by atoms with Gasteiger partial charge in [-0.25, -0.2) is 5.10 Å². The fourth-order valence-corrected chi connectivity index (χ4v) is 2.62. The standard InChI is InChI=1S/C11H16BrN3O/c1-7(2)15-5-3-4-10(15)9-6-8(12)11(16)14-13-9/h6-7,10H,3-5H2,1-2H3,(H,14,16). The van der Waals surface area contributed by atoms with Crippen LogP contribution in [0.1, 0.15) is 38.4 Å². The molecule has 0 aromatic carbocycles. The predicted octanol–water partition coefficient (Wildman–Crippen LogP) is 2.08. The van der Waals surface area contributed by atoms with Crippen LogP contribution in [-0.2, 0) is 0 Å². The molecular weight excluding hydrogens is 270 g/mol. The summed E-state index contributed by atoms with van der Waals surface area (Å²) in [6, 6.07) is 2.69. The van der Waals surface area contributed by atoms with Crippen LogP contribution in [0.25, 0.3) is 0 Å². The Kier molecular flexibility index (Phi) is 3.44. The summed E-state index contributed by atoms with van der Waals surface area (Å²) in [5.41, 5.74) is 0.788. The molecule has 1 saturated heterocycles. The van der Waals surface area contributed by atoms with Crippen LogP contribution >= 0.6 is 15.9 Å². The van der Waals surface area contributed by atoms with E-state index in [0.29, 0.717) is 16.6 Å². The number of H-pyrrole nitrogens is 1. The van der Waals surface area contributed by atoms with Crippen molar-refractivity contribution in [3.8, 4) is 0 Å². The Morgan fingerprint density at radius 1 is 1.62 bits per heavy atom. The van der Waals surface area contributed by atoms with Gasteiger partial charge < -0.3 is 0 Å². The van der Waals surface area contributed by atoms with Crippen LogP contribution in [0, 0.1) is 0 Å². The minimum absolute atomic E-state index is 0.169. The molecule has 0 bridgehead atoms. The molecule has 0 spiro atoms. The molecule has 1 atom stereocenters. The summed E-state index contributed by atoms with van der Waals surface area (Å²) >= 11 is 3.25.